The molecule has 3 rings (SSSR count). The van der Waals surface area contributed by atoms with Gasteiger partial charge in [0, 0.05) is 10.4 Å². The third kappa shape index (κ3) is 3.76. The molecule has 2 aromatic rings. The number of aromatic nitrogens is 1. The van der Waals surface area contributed by atoms with E-state index in [9.17, 15) is 19.1 Å². The highest BCUT2D eigenvalue weighted by atomic mass is 32.1. The summed E-state index contributed by atoms with van der Waals surface area (Å²) in [5.41, 5.74) is 1.44. The van der Waals surface area contributed by atoms with Crippen LogP contribution in [0.1, 0.15) is 17.7 Å². The first-order valence-corrected chi connectivity index (χ1v) is 8.69. The minimum absolute atomic E-state index is 0.324. The van der Waals surface area contributed by atoms with Crippen molar-refractivity contribution in [2.75, 3.05) is 5.32 Å². The van der Waals surface area contributed by atoms with Gasteiger partial charge in [-0.05, 0) is 44.0 Å². The third-order valence-electron chi connectivity index (χ3n) is 4.23. The number of amides is 1. The number of carboxylic acids is 1. The highest BCUT2D eigenvalue weighted by Gasteiger charge is 2.34. The van der Waals surface area contributed by atoms with Gasteiger partial charge in [-0.2, -0.15) is 0 Å². The zero-order chi connectivity index (χ0) is 18.0. The van der Waals surface area contributed by atoms with Crippen LogP contribution in [0.3, 0.4) is 0 Å². The molecule has 1 aliphatic rings. The fourth-order valence-electron chi connectivity index (χ4n) is 2.90. The van der Waals surface area contributed by atoms with Gasteiger partial charge in [-0.3, -0.25) is 9.59 Å². The average Bonchev–Trinajstić information content (AvgIpc) is 2.95. The molecular formula is C18H17FN2O3S. The van der Waals surface area contributed by atoms with E-state index >= 15 is 0 Å². The number of nitrogens with one attached hydrogen (secondary N) is 1. The monoisotopic (exact) mass is 360 g/mol. The number of halogens is 1. The number of thiazole rings is 1. The minimum Gasteiger partial charge on any atom is -0.481 e. The minimum atomic E-state index is -0.966. The molecule has 0 aliphatic heterocycles. The number of carbonyl (C=O) groups is 2. The number of rotatable bonds is 4. The Morgan fingerprint density at radius 2 is 1.84 bits per heavy atom. The van der Waals surface area contributed by atoms with Crippen LogP contribution in [-0.2, 0) is 9.59 Å². The van der Waals surface area contributed by atoms with E-state index in [1.54, 1.807) is 18.2 Å². The second-order valence-electron chi connectivity index (χ2n) is 5.91. The largest absolute Gasteiger partial charge is 0.481 e. The molecule has 1 amide bonds. The van der Waals surface area contributed by atoms with Crippen molar-refractivity contribution in [3.05, 3.63) is 47.1 Å². The lowest BCUT2D eigenvalue weighted by Crippen LogP contribution is -2.34. The van der Waals surface area contributed by atoms with Gasteiger partial charge in [0.2, 0.25) is 5.91 Å². The van der Waals surface area contributed by atoms with E-state index < -0.39 is 17.8 Å². The number of hydrogen-bond acceptors (Lipinski definition) is 4. The zero-order valence-electron chi connectivity index (χ0n) is 13.5. The summed E-state index contributed by atoms with van der Waals surface area (Å²) >= 11 is 1.31. The Kier molecular flexibility index (Phi) is 4.94. The molecule has 130 valence electrons. The molecule has 0 saturated heterocycles. The van der Waals surface area contributed by atoms with Gasteiger partial charge in [-0.25, -0.2) is 9.37 Å². The number of carboxylic acid groups (broad SMARTS) is 1. The second kappa shape index (κ2) is 7.14. The molecule has 0 unspecified atom stereocenters. The zero-order valence-corrected chi connectivity index (χ0v) is 14.3. The Bertz CT molecular complexity index is 829. The van der Waals surface area contributed by atoms with Gasteiger partial charge in [0.25, 0.3) is 0 Å². The molecule has 0 radical (unpaired) electrons. The molecule has 5 nitrogen and oxygen atoms in total. The number of benzene rings is 1. The van der Waals surface area contributed by atoms with Crippen LogP contribution in [-0.4, -0.2) is 22.0 Å². The fraction of sp³-hybridized carbons (Fsp3) is 0.278. The van der Waals surface area contributed by atoms with Gasteiger partial charge in [-0.1, -0.05) is 12.2 Å². The van der Waals surface area contributed by atoms with E-state index in [1.165, 1.54) is 23.5 Å². The molecule has 1 aromatic carbocycles. The van der Waals surface area contributed by atoms with Crippen LogP contribution in [0.2, 0.25) is 0 Å². The Labute approximate surface area is 148 Å². The summed E-state index contributed by atoms with van der Waals surface area (Å²) in [5.74, 6) is -2.96. The van der Waals surface area contributed by atoms with Gasteiger partial charge < -0.3 is 10.4 Å². The third-order valence-corrected chi connectivity index (χ3v) is 5.12. The lowest BCUT2D eigenvalue weighted by atomic mass is 9.82. The number of aliphatic carboxylic acids is 1. The highest BCUT2D eigenvalue weighted by Crippen LogP contribution is 2.32. The number of anilines is 1. The molecule has 2 atom stereocenters. The quantitative estimate of drug-likeness (QED) is 0.812. The molecule has 25 heavy (non-hydrogen) atoms. The van der Waals surface area contributed by atoms with E-state index in [2.05, 4.69) is 10.3 Å². The molecule has 0 fully saturated rings. The van der Waals surface area contributed by atoms with E-state index in [-0.39, 0.29) is 11.7 Å². The predicted octanol–water partition coefficient (Wildman–Crippen LogP) is 3.86. The van der Waals surface area contributed by atoms with Crippen molar-refractivity contribution in [1.82, 2.24) is 4.98 Å². The summed E-state index contributed by atoms with van der Waals surface area (Å²) in [6, 6.07) is 5.99. The van der Waals surface area contributed by atoms with Crippen LogP contribution < -0.4 is 5.32 Å². The van der Waals surface area contributed by atoms with Crippen LogP contribution in [0.5, 0.6) is 0 Å². The maximum Gasteiger partial charge on any atom is 0.307 e. The lowest BCUT2D eigenvalue weighted by molar-refractivity contribution is -0.146. The molecule has 0 saturated carbocycles. The van der Waals surface area contributed by atoms with Crippen molar-refractivity contribution in [2.24, 2.45) is 11.8 Å². The van der Waals surface area contributed by atoms with Crippen LogP contribution in [0, 0.1) is 24.6 Å². The van der Waals surface area contributed by atoms with Crippen LogP contribution in [0.15, 0.2) is 36.4 Å². The van der Waals surface area contributed by atoms with Crippen LogP contribution >= 0.6 is 11.3 Å². The van der Waals surface area contributed by atoms with Gasteiger partial charge in [0.1, 0.15) is 5.82 Å². The first-order valence-electron chi connectivity index (χ1n) is 7.87. The van der Waals surface area contributed by atoms with Crippen molar-refractivity contribution in [2.45, 2.75) is 19.8 Å². The summed E-state index contributed by atoms with van der Waals surface area (Å²) in [5, 5.41) is 12.4. The molecule has 0 spiro atoms. The van der Waals surface area contributed by atoms with E-state index in [1.807, 2.05) is 13.0 Å². The number of nitrogens with zero attached hydrogens (tertiary/aromatic N) is 1. The molecular weight excluding hydrogens is 343 g/mol. The Morgan fingerprint density at radius 1 is 1.20 bits per heavy atom. The summed E-state index contributed by atoms with van der Waals surface area (Å²) < 4.78 is 13.1. The number of carbonyl (C=O) groups excluding carboxylic acids is 1. The first kappa shape index (κ1) is 17.3. The number of allylic oxidation sites excluding steroid dienone is 2. The normalized spacial score (nSPS) is 19.6. The standard InChI is InChI=1S/C18H17FN2O3S/c1-10-15(11-6-8-12(19)9-7-11)20-18(25-10)21-16(22)13-4-2-3-5-14(13)17(23)24/h2-3,6-9,13-14H,4-5H2,1H3,(H,23,24)(H,20,21,22)/t13-,14+/m1/s1. The average molecular weight is 360 g/mol. The summed E-state index contributed by atoms with van der Waals surface area (Å²) in [7, 11) is 0. The summed E-state index contributed by atoms with van der Waals surface area (Å²) in [6.45, 7) is 1.87. The van der Waals surface area contributed by atoms with Crippen molar-refractivity contribution in [3.63, 3.8) is 0 Å². The van der Waals surface area contributed by atoms with E-state index in [0.29, 0.717) is 23.7 Å². The predicted molar refractivity (Wildman–Crippen MR) is 93.9 cm³/mol. The Hall–Kier alpha value is -2.54. The first-order chi connectivity index (χ1) is 12.0. The topological polar surface area (TPSA) is 79.3 Å². The molecule has 2 N–H and O–H groups in total. The Balaban J connectivity index is 1.78. The van der Waals surface area contributed by atoms with E-state index in [4.69, 9.17) is 0 Å². The van der Waals surface area contributed by atoms with Crippen molar-refractivity contribution in [3.8, 4) is 11.3 Å². The highest BCUT2D eigenvalue weighted by molar-refractivity contribution is 7.16. The second-order valence-corrected chi connectivity index (χ2v) is 7.12. The van der Waals surface area contributed by atoms with Crippen molar-refractivity contribution in [1.29, 1.82) is 0 Å². The maximum atomic E-state index is 13.1. The molecule has 7 heteroatoms. The number of aryl methyl sites for hydroxylation is 1. The van der Waals surface area contributed by atoms with Crippen LogP contribution in [0.4, 0.5) is 9.52 Å². The lowest BCUT2D eigenvalue weighted by Gasteiger charge is -2.23. The molecule has 1 aliphatic carbocycles. The SMILES string of the molecule is Cc1sc(NC(=O)[C@@H]2CC=CC[C@@H]2C(=O)O)nc1-c1ccc(F)cc1. The smallest absolute Gasteiger partial charge is 0.307 e. The Morgan fingerprint density at radius 3 is 2.48 bits per heavy atom. The molecule has 1 aromatic heterocycles. The summed E-state index contributed by atoms with van der Waals surface area (Å²) in [4.78, 5) is 29.1. The number of hydrogen-bond donors (Lipinski definition) is 2. The molecule has 0 bridgehead atoms. The summed E-state index contributed by atoms with van der Waals surface area (Å²) in [6.07, 6.45) is 4.38. The fourth-order valence-corrected chi connectivity index (χ4v) is 3.74. The van der Waals surface area contributed by atoms with Gasteiger partial charge >= 0.3 is 5.97 Å². The maximum absolute atomic E-state index is 13.1. The van der Waals surface area contributed by atoms with Crippen LogP contribution in [0.25, 0.3) is 11.3 Å². The van der Waals surface area contributed by atoms with Crippen molar-refractivity contribution >= 4 is 28.3 Å². The molecule has 1 heterocycles. The van der Waals surface area contributed by atoms with E-state index in [0.717, 1.165) is 10.4 Å². The van der Waals surface area contributed by atoms with Crippen molar-refractivity contribution < 1.29 is 19.1 Å². The van der Waals surface area contributed by atoms with Gasteiger partial charge in [0.15, 0.2) is 5.13 Å². The van der Waals surface area contributed by atoms with Gasteiger partial charge in [-0.15, -0.1) is 11.3 Å². The van der Waals surface area contributed by atoms with Gasteiger partial charge in [0.05, 0.1) is 17.5 Å².